The standard InChI is InChI=1S/C12H11F2N5O/c1-7-3-4-8(13)9(10(7)14)11(20)18-5-2-6-19-12(18)15-16-17-19/h3-4H,2,5-6H2,1H3. The molecule has 3 rings (SSSR count). The lowest BCUT2D eigenvalue weighted by molar-refractivity contribution is 0.0972. The van der Waals surface area contributed by atoms with Crippen molar-refractivity contribution in [3.63, 3.8) is 0 Å². The zero-order valence-electron chi connectivity index (χ0n) is 10.7. The van der Waals surface area contributed by atoms with Gasteiger partial charge in [0.15, 0.2) is 0 Å². The SMILES string of the molecule is Cc1ccc(F)c(C(=O)N2CCCn3nnnc32)c1F. The molecule has 8 heteroatoms. The fraction of sp³-hybridized carbons (Fsp3) is 0.333. The third-order valence-corrected chi connectivity index (χ3v) is 3.25. The fourth-order valence-electron chi connectivity index (χ4n) is 2.20. The Morgan fingerprint density at radius 2 is 2.10 bits per heavy atom. The number of nitrogens with zero attached hydrogens (tertiary/aromatic N) is 5. The number of tetrazole rings is 1. The van der Waals surface area contributed by atoms with E-state index in [0.717, 1.165) is 6.07 Å². The molecule has 1 amide bonds. The highest BCUT2D eigenvalue weighted by Gasteiger charge is 2.30. The van der Waals surface area contributed by atoms with Gasteiger partial charge in [0.05, 0.1) is 0 Å². The summed E-state index contributed by atoms with van der Waals surface area (Å²) in [7, 11) is 0. The summed E-state index contributed by atoms with van der Waals surface area (Å²) in [6, 6.07) is 2.38. The van der Waals surface area contributed by atoms with Gasteiger partial charge in [0.2, 0.25) is 0 Å². The molecule has 0 radical (unpaired) electrons. The number of amides is 1. The van der Waals surface area contributed by atoms with Gasteiger partial charge in [-0.1, -0.05) is 11.2 Å². The number of halogens is 2. The van der Waals surface area contributed by atoms with Crippen LogP contribution in [0.3, 0.4) is 0 Å². The molecule has 1 aromatic heterocycles. The van der Waals surface area contributed by atoms with Crippen LogP contribution in [0.25, 0.3) is 0 Å². The number of hydrogen-bond acceptors (Lipinski definition) is 4. The third-order valence-electron chi connectivity index (χ3n) is 3.25. The number of aromatic nitrogens is 4. The number of hydrogen-bond donors (Lipinski definition) is 0. The van der Waals surface area contributed by atoms with Gasteiger partial charge in [-0.25, -0.2) is 13.5 Å². The van der Waals surface area contributed by atoms with Gasteiger partial charge in [-0.05, 0) is 35.4 Å². The molecular formula is C12H11F2N5O. The van der Waals surface area contributed by atoms with Crippen molar-refractivity contribution in [3.05, 3.63) is 34.9 Å². The second-order valence-electron chi connectivity index (χ2n) is 4.57. The van der Waals surface area contributed by atoms with E-state index in [-0.39, 0.29) is 11.5 Å². The molecule has 104 valence electrons. The van der Waals surface area contributed by atoms with Crippen LogP contribution in [-0.4, -0.2) is 32.7 Å². The Bertz CT molecular complexity index is 684. The molecule has 0 saturated heterocycles. The molecule has 0 spiro atoms. The molecule has 0 atom stereocenters. The maximum absolute atomic E-state index is 14.0. The minimum atomic E-state index is -0.886. The van der Waals surface area contributed by atoms with Crippen LogP contribution < -0.4 is 4.90 Å². The van der Waals surface area contributed by atoms with Crippen molar-refractivity contribution in [3.8, 4) is 0 Å². The van der Waals surface area contributed by atoms with E-state index in [1.54, 1.807) is 0 Å². The average Bonchev–Trinajstić information content (AvgIpc) is 2.91. The molecule has 0 aliphatic carbocycles. The number of fused-ring (bicyclic) bond motifs is 1. The van der Waals surface area contributed by atoms with Gasteiger partial charge < -0.3 is 0 Å². The van der Waals surface area contributed by atoms with Crippen molar-refractivity contribution in [2.24, 2.45) is 0 Å². The van der Waals surface area contributed by atoms with Crippen LogP contribution in [0.2, 0.25) is 0 Å². The summed E-state index contributed by atoms with van der Waals surface area (Å²) in [5.74, 6) is -2.29. The van der Waals surface area contributed by atoms with Gasteiger partial charge in [-0.3, -0.25) is 9.69 Å². The topological polar surface area (TPSA) is 63.9 Å². The predicted molar refractivity (Wildman–Crippen MR) is 65.2 cm³/mol. The van der Waals surface area contributed by atoms with Gasteiger partial charge in [0.1, 0.15) is 17.2 Å². The smallest absolute Gasteiger partial charge is 0.266 e. The molecule has 0 bridgehead atoms. The van der Waals surface area contributed by atoms with E-state index in [1.165, 1.54) is 22.6 Å². The zero-order chi connectivity index (χ0) is 14.3. The first-order valence-electron chi connectivity index (χ1n) is 6.12. The predicted octanol–water partition coefficient (Wildman–Crippen LogP) is 1.31. The van der Waals surface area contributed by atoms with Gasteiger partial charge in [-0.2, -0.15) is 0 Å². The summed E-state index contributed by atoms with van der Waals surface area (Å²) < 4.78 is 29.3. The Morgan fingerprint density at radius 3 is 2.90 bits per heavy atom. The largest absolute Gasteiger partial charge is 0.275 e. The summed E-state index contributed by atoms with van der Waals surface area (Å²) in [6.07, 6.45) is 0.624. The lowest BCUT2D eigenvalue weighted by Crippen LogP contribution is -2.39. The molecule has 1 aliphatic heterocycles. The first kappa shape index (κ1) is 12.6. The molecule has 0 saturated carbocycles. The van der Waals surface area contributed by atoms with E-state index in [4.69, 9.17) is 0 Å². The van der Waals surface area contributed by atoms with Crippen LogP contribution in [0, 0.1) is 18.6 Å². The Labute approximate surface area is 113 Å². The average molecular weight is 279 g/mol. The maximum Gasteiger partial charge on any atom is 0.266 e. The van der Waals surface area contributed by atoms with Gasteiger partial charge in [-0.15, -0.1) is 0 Å². The summed E-state index contributed by atoms with van der Waals surface area (Å²) in [6.45, 7) is 2.38. The number of anilines is 1. The van der Waals surface area contributed by atoms with Crippen molar-refractivity contribution < 1.29 is 13.6 Å². The number of carbonyl (C=O) groups excluding carboxylic acids is 1. The van der Waals surface area contributed by atoms with Crippen molar-refractivity contribution >= 4 is 11.9 Å². The van der Waals surface area contributed by atoms with E-state index in [9.17, 15) is 13.6 Å². The second kappa shape index (κ2) is 4.62. The van der Waals surface area contributed by atoms with Crippen molar-refractivity contribution in [1.29, 1.82) is 0 Å². The molecule has 2 heterocycles. The van der Waals surface area contributed by atoms with Crippen LogP contribution in [0.4, 0.5) is 14.7 Å². The molecular weight excluding hydrogens is 268 g/mol. The maximum atomic E-state index is 14.0. The summed E-state index contributed by atoms with van der Waals surface area (Å²) >= 11 is 0. The monoisotopic (exact) mass is 279 g/mol. The van der Waals surface area contributed by atoms with Crippen LogP contribution in [0.5, 0.6) is 0 Å². The van der Waals surface area contributed by atoms with Crippen LogP contribution in [0.15, 0.2) is 12.1 Å². The van der Waals surface area contributed by atoms with E-state index in [1.807, 2.05) is 0 Å². The molecule has 1 aromatic carbocycles. The van der Waals surface area contributed by atoms with Gasteiger partial charge >= 0.3 is 0 Å². The normalized spacial score (nSPS) is 14.2. The summed E-state index contributed by atoms with van der Waals surface area (Å²) in [4.78, 5) is 13.6. The fourth-order valence-corrected chi connectivity index (χ4v) is 2.20. The lowest BCUT2D eigenvalue weighted by atomic mass is 10.1. The Morgan fingerprint density at radius 1 is 1.30 bits per heavy atom. The Kier molecular flexibility index (Phi) is 2.92. The molecule has 20 heavy (non-hydrogen) atoms. The minimum absolute atomic E-state index is 0.210. The molecule has 6 nitrogen and oxygen atoms in total. The van der Waals surface area contributed by atoms with Crippen molar-refractivity contribution in [1.82, 2.24) is 20.2 Å². The van der Waals surface area contributed by atoms with Gasteiger partial charge in [0, 0.05) is 13.1 Å². The molecule has 0 N–H and O–H groups in total. The highest BCUT2D eigenvalue weighted by atomic mass is 19.1. The Balaban J connectivity index is 2.06. The number of aryl methyl sites for hydroxylation is 2. The molecule has 0 fully saturated rings. The van der Waals surface area contributed by atoms with E-state index in [2.05, 4.69) is 15.5 Å². The summed E-state index contributed by atoms with van der Waals surface area (Å²) in [5, 5.41) is 10.9. The third kappa shape index (κ3) is 1.84. The molecule has 0 unspecified atom stereocenters. The first-order chi connectivity index (χ1) is 9.59. The number of benzene rings is 1. The zero-order valence-corrected chi connectivity index (χ0v) is 10.7. The number of carbonyl (C=O) groups is 1. The van der Waals surface area contributed by atoms with Gasteiger partial charge in [0.25, 0.3) is 11.9 Å². The van der Waals surface area contributed by atoms with E-state index in [0.29, 0.717) is 19.5 Å². The van der Waals surface area contributed by atoms with Crippen LogP contribution in [0.1, 0.15) is 22.3 Å². The van der Waals surface area contributed by atoms with Crippen LogP contribution in [-0.2, 0) is 6.54 Å². The van der Waals surface area contributed by atoms with Crippen molar-refractivity contribution in [2.75, 3.05) is 11.4 Å². The van der Waals surface area contributed by atoms with Crippen LogP contribution >= 0.6 is 0 Å². The lowest BCUT2D eigenvalue weighted by Gasteiger charge is -2.25. The minimum Gasteiger partial charge on any atom is -0.275 e. The molecule has 1 aliphatic rings. The van der Waals surface area contributed by atoms with Crippen molar-refractivity contribution in [2.45, 2.75) is 19.9 Å². The highest BCUT2D eigenvalue weighted by molar-refractivity contribution is 6.05. The first-order valence-corrected chi connectivity index (χ1v) is 6.12. The second-order valence-corrected chi connectivity index (χ2v) is 4.57. The van der Waals surface area contributed by atoms with E-state index < -0.39 is 23.1 Å². The summed E-state index contributed by atoms with van der Waals surface area (Å²) in [5.41, 5.74) is -0.354. The van der Waals surface area contributed by atoms with E-state index >= 15 is 0 Å². The highest BCUT2D eigenvalue weighted by Crippen LogP contribution is 2.23. The Hall–Kier alpha value is -2.38. The quantitative estimate of drug-likeness (QED) is 0.789. The number of rotatable bonds is 1. The molecule has 2 aromatic rings.